The second-order valence-corrected chi connectivity index (χ2v) is 8.25. The number of aromatic nitrogens is 3. The van der Waals surface area contributed by atoms with E-state index in [0.29, 0.717) is 37.9 Å². The molecule has 0 saturated carbocycles. The van der Waals surface area contributed by atoms with Gasteiger partial charge in [0.15, 0.2) is 5.75 Å². The van der Waals surface area contributed by atoms with Crippen molar-refractivity contribution in [1.29, 1.82) is 0 Å². The Morgan fingerprint density at radius 2 is 2.10 bits per heavy atom. The summed E-state index contributed by atoms with van der Waals surface area (Å²) in [5.41, 5.74) is 1.89. The Hall–Kier alpha value is -3.11. The predicted octanol–water partition coefficient (Wildman–Crippen LogP) is 2.36. The average molecular weight is 442 g/mol. The Kier molecular flexibility index (Phi) is 5.24. The Bertz CT molecular complexity index is 1110. The molecule has 0 spiro atoms. The van der Waals surface area contributed by atoms with Crippen molar-refractivity contribution in [3.63, 3.8) is 0 Å². The smallest absolute Gasteiger partial charge is 0.257 e. The van der Waals surface area contributed by atoms with Crippen LogP contribution in [0.2, 0.25) is 0 Å². The van der Waals surface area contributed by atoms with Gasteiger partial charge in [0, 0.05) is 48.1 Å². The maximum atomic E-state index is 14.1. The van der Waals surface area contributed by atoms with Gasteiger partial charge in [0.1, 0.15) is 19.0 Å². The molecule has 0 saturated heterocycles. The molecule has 1 atom stereocenters. The van der Waals surface area contributed by atoms with E-state index in [1.165, 1.54) is 24.1 Å². The van der Waals surface area contributed by atoms with Crippen LogP contribution in [0.5, 0.6) is 11.6 Å². The summed E-state index contributed by atoms with van der Waals surface area (Å²) in [6.07, 6.45) is 3.56. The molecule has 0 radical (unpaired) electrons. The van der Waals surface area contributed by atoms with Crippen molar-refractivity contribution in [2.24, 2.45) is 0 Å². The zero-order valence-electron chi connectivity index (χ0n) is 16.4. The van der Waals surface area contributed by atoms with Gasteiger partial charge < -0.3 is 19.5 Å². The van der Waals surface area contributed by atoms with Crippen molar-refractivity contribution < 1.29 is 23.8 Å². The summed E-state index contributed by atoms with van der Waals surface area (Å²) in [6, 6.07) is 7.89. The molecule has 0 bridgehead atoms. The number of pyridine rings is 1. The molecular formula is C21H19FN4O4S. The summed E-state index contributed by atoms with van der Waals surface area (Å²) >= 11 is 1.38. The van der Waals surface area contributed by atoms with Crippen molar-refractivity contribution in [3.8, 4) is 11.6 Å². The molecule has 2 aliphatic heterocycles. The summed E-state index contributed by atoms with van der Waals surface area (Å²) in [4.78, 5) is 19.6. The second-order valence-electron chi connectivity index (χ2n) is 7.22. The van der Waals surface area contributed by atoms with Crippen LogP contribution in [0.3, 0.4) is 0 Å². The van der Waals surface area contributed by atoms with E-state index in [9.17, 15) is 14.3 Å². The van der Waals surface area contributed by atoms with Crippen LogP contribution >= 0.6 is 11.9 Å². The number of hydrogen-bond donors (Lipinski definition) is 1. The van der Waals surface area contributed by atoms with Crippen LogP contribution in [0.25, 0.3) is 0 Å². The Balaban J connectivity index is 1.28. The Morgan fingerprint density at radius 1 is 1.26 bits per heavy atom. The third-order valence-corrected chi connectivity index (χ3v) is 6.01. The first-order valence-electron chi connectivity index (χ1n) is 9.78. The highest BCUT2D eigenvalue weighted by atomic mass is 32.2. The minimum absolute atomic E-state index is 0.200. The predicted molar refractivity (Wildman–Crippen MR) is 109 cm³/mol. The highest BCUT2D eigenvalue weighted by Crippen LogP contribution is 2.33. The molecular weight excluding hydrogens is 423 g/mol. The fourth-order valence-corrected chi connectivity index (χ4v) is 4.49. The van der Waals surface area contributed by atoms with Gasteiger partial charge in [-0.25, -0.2) is 13.5 Å². The summed E-state index contributed by atoms with van der Waals surface area (Å²) < 4.78 is 26.8. The summed E-state index contributed by atoms with van der Waals surface area (Å²) in [6.45, 7) is 1.19. The van der Waals surface area contributed by atoms with Gasteiger partial charge >= 0.3 is 0 Å². The summed E-state index contributed by atoms with van der Waals surface area (Å²) in [7, 11) is 0. The summed E-state index contributed by atoms with van der Waals surface area (Å²) in [5.74, 6) is -0.658. The van der Waals surface area contributed by atoms with Gasteiger partial charge in [-0.1, -0.05) is 18.2 Å². The minimum atomic E-state index is -0.935. The second kappa shape index (κ2) is 8.20. The quantitative estimate of drug-likeness (QED) is 0.649. The van der Waals surface area contributed by atoms with Gasteiger partial charge in [0.25, 0.3) is 5.88 Å². The van der Waals surface area contributed by atoms with Crippen LogP contribution in [0.4, 0.5) is 4.39 Å². The molecule has 0 aliphatic carbocycles. The first-order valence-corrected chi connectivity index (χ1v) is 10.5. The molecule has 5 rings (SSSR count). The van der Waals surface area contributed by atoms with E-state index >= 15 is 0 Å². The largest absolute Gasteiger partial charge is 0.484 e. The molecule has 1 aromatic carbocycles. The lowest BCUT2D eigenvalue weighted by Gasteiger charge is -2.22. The fourth-order valence-electron chi connectivity index (χ4n) is 3.69. The van der Waals surface area contributed by atoms with Gasteiger partial charge in [-0.2, -0.15) is 5.10 Å². The van der Waals surface area contributed by atoms with Crippen molar-refractivity contribution in [2.75, 3.05) is 19.8 Å². The molecule has 1 N–H and O–H groups in total. The van der Waals surface area contributed by atoms with Crippen molar-refractivity contribution in [3.05, 3.63) is 65.4 Å². The maximum absolute atomic E-state index is 14.1. The zero-order chi connectivity index (χ0) is 21.4. The topological polar surface area (TPSA) is 89.7 Å². The number of amides is 1. The number of rotatable bonds is 5. The molecule has 160 valence electrons. The molecule has 1 amide bonds. The third-order valence-electron chi connectivity index (χ3n) is 5.20. The molecule has 2 aromatic heterocycles. The molecule has 4 heterocycles. The van der Waals surface area contributed by atoms with Gasteiger partial charge in [0.2, 0.25) is 5.91 Å². The molecule has 3 aromatic rings. The SMILES string of the molecule is O=C(C(CO)c1ccccc1F)N1Cc2cn(Sc3cnc4c(c3)OCCO4)nc2C1. The van der Waals surface area contributed by atoms with Gasteiger partial charge in [-0.3, -0.25) is 4.79 Å². The molecule has 2 aliphatic rings. The van der Waals surface area contributed by atoms with Crippen molar-refractivity contribution in [2.45, 2.75) is 23.9 Å². The van der Waals surface area contributed by atoms with Crippen LogP contribution in [-0.2, 0) is 17.9 Å². The number of benzene rings is 1. The number of carbonyl (C=O) groups is 1. The Morgan fingerprint density at radius 3 is 2.90 bits per heavy atom. The van der Waals surface area contributed by atoms with E-state index in [1.54, 1.807) is 27.3 Å². The first-order chi connectivity index (χ1) is 15.1. The van der Waals surface area contributed by atoms with Gasteiger partial charge in [0.05, 0.1) is 29.7 Å². The number of aliphatic hydroxyl groups is 1. The molecule has 31 heavy (non-hydrogen) atoms. The van der Waals surface area contributed by atoms with Gasteiger partial charge in [-0.05, 0) is 6.07 Å². The molecule has 0 fully saturated rings. The van der Waals surface area contributed by atoms with E-state index < -0.39 is 18.3 Å². The van der Waals surface area contributed by atoms with E-state index in [2.05, 4.69) is 10.1 Å². The molecule has 10 heteroatoms. The lowest BCUT2D eigenvalue weighted by Crippen LogP contribution is -2.33. The van der Waals surface area contributed by atoms with Crippen LogP contribution in [-0.4, -0.2) is 49.9 Å². The van der Waals surface area contributed by atoms with E-state index in [-0.39, 0.29) is 11.5 Å². The number of fused-ring (bicyclic) bond motifs is 2. The monoisotopic (exact) mass is 442 g/mol. The van der Waals surface area contributed by atoms with E-state index in [0.717, 1.165) is 16.2 Å². The average Bonchev–Trinajstić information content (AvgIpc) is 3.34. The number of ether oxygens (including phenoxy) is 2. The van der Waals surface area contributed by atoms with Crippen LogP contribution in [0.15, 0.2) is 47.6 Å². The molecule has 8 nitrogen and oxygen atoms in total. The van der Waals surface area contributed by atoms with Crippen molar-refractivity contribution >= 4 is 17.9 Å². The fraction of sp³-hybridized carbons (Fsp3) is 0.286. The van der Waals surface area contributed by atoms with Crippen LogP contribution in [0.1, 0.15) is 22.7 Å². The van der Waals surface area contributed by atoms with E-state index in [1.807, 2.05) is 12.3 Å². The van der Waals surface area contributed by atoms with E-state index in [4.69, 9.17) is 9.47 Å². The number of aliphatic hydroxyl groups excluding tert-OH is 1. The van der Waals surface area contributed by atoms with Gasteiger partial charge in [-0.15, -0.1) is 0 Å². The number of carbonyl (C=O) groups excluding carboxylic acids is 1. The standard InChI is InChI=1S/C21H19FN4O4S/c22-17-4-2-1-3-15(17)16(12-27)21(28)25-9-13-10-26(24-18(13)11-25)31-14-7-19-20(23-8-14)30-6-5-29-19/h1-4,7-8,10,16,27H,5-6,9,11-12H2. The number of halogens is 1. The Labute approximate surface area is 181 Å². The van der Waals surface area contributed by atoms with Crippen molar-refractivity contribution in [1.82, 2.24) is 19.1 Å². The minimum Gasteiger partial charge on any atom is -0.484 e. The number of hydrogen-bond acceptors (Lipinski definition) is 7. The molecule has 1 unspecified atom stereocenters. The first kappa shape index (κ1) is 19.8. The number of nitrogens with zero attached hydrogens (tertiary/aromatic N) is 4. The lowest BCUT2D eigenvalue weighted by molar-refractivity contribution is -0.134. The summed E-state index contributed by atoms with van der Waals surface area (Å²) in [5, 5.41) is 14.3. The zero-order valence-corrected chi connectivity index (χ0v) is 17.2. The van der Waals surface area contributed by atoms with Crippen LogP contribution in [0, 0.1) is 5.82 Å². The highest BCUT2D eigenvalue weighted by molar-refractivity contribution is 7.97. The van der Waals surface area contributed by atoms with Crippen LogP contribution < -0.4 is 9.47 Å². The lowest BCUT2D eigenvalue weighted by atomic mass is 9.98. The highest BCUT2D eigenvalue weighted by Gasteiger charge is 2.33. The third kappa shape index (κ3) is 3.84. The maximum Gasteiger partial charge on any atom is 0.257 e. The normalized spacial score (nSPS) is 15.6.